The van der Waals surface area contributed by atoms with Crippen LogP contribution in [-0.2, 0) is 13.5 Å². The molecule has 0 saturated carbocycles. The molecule has 0 amide bonds. The molecule has 1 aromatic carbocycles. The van der Waals surface area contributed by atoms with E-state index in [0.29, 0.717) is 6.54 Å². The van der Waals surface area contributed by atoms with E-state index in [2.05, 4.69) is 31.5 Å². The van der Waals surface area contributed by atoms with Crippen LogP contribution in [0.1, 0.15) is 5.82 Å². The van der Waals surface area contributed by atoms with Gasteiger partial charge >= 0.3 is 0 Å². The van der Waals surface area contributed by atoms with E-state index in [-0.39, 0.29) is 0 Å². The number of fused-ring (bicyclic) bond motifs is 1. The highest BCUT2D eigenvalue weighted by Gasteiger charge is 2.06. The SMILES string of the molecule is Cn1c(CCN)nc2ccc(Br)cc21. The second kappa shape index (κ2) is 3.71. The third kappa shape index (κ3) is 1.55. The molecule has 0 saturated heterocycles. The van der Waals surface area contributed by atoms with Crippen LogP contribution in [0, 0.1) is 0 Å². The van der Waals surface area contributed by atoms with Crippen molar-refractivity contribution in [2.24, 2.45) is 12.8 Å². The number of rotatable bonds is 2. The van der Waals surface area contributed by atoms with Crippen molar-refractivity contribution in [3.05, 3.63) is 28.5 Å². The third-order valence-corrected chi connectivity index (χ3v) is 2.80. The van der Waals surface area contributed by atoms with Crippen molar-refractivity contribution in [3.63, 3.8) is 0 Å². The maximum atomic E-state index is 5.52. The minimum atomic E-state index is 0.637. The third-order valence-electron chi connectivity index (χ3n) is 2.30. The first-order chi connectivity index (χ1) is 6.72. The monoisotopic (exact) mass is 253 g/mol. The van der Waals surface area contributed by atoms with E-state index in [1.165, 1.54) is 0 Å². The highest BCUT2D eigenvalue weighted by molar-refractivity contribution is 9.10. The van der Waals surface area contributed by atoms with Crippen molar-refractivity contribution in [2.75, 3.05) is 6.54 Å². The Morgan fingerprint density at radius 2 is 2.29 bits per heavy atom. The van der Waals surface area contributed by atoms with E-state index < -0.39 is 0 Å². The maximum Gasteiger partial charge on any atom is 0.110 e. The molecule has 14 heavy (non-hydrogen) atoms. The summed E-state index contributed by atoms with van der Waals surface area (Å²) in [5.74, 6) is 1.04. The predicted molar refractivity (Wildman–Crippen MR) is 61.2 cm³/mol. The van der Waals surface area contributed by atoms with E-state index in [1.54, 1.807) is 0 Å². The molecule has 1 heterocycles. The van der Waals surface area contributed by atoms with Crippen LogP contribution < -0.4 is 5.73 Å². The van der Waals surface area contributed by atoms with Gasteiger partial charge < -0.3 is 10.3 Å². The first-order valence-electron chi connectivity index (χ1n) is 4.53. The van der Waals surface area contributed by atoms with Gasteiger partial charge in [0.05, 0.1) is 11.0 Å². The molecule has 0 aliphatic carbocycles. The molecular formula is C10H12BrN3. The van der Waals surface area contributed by atoms with E-state index in [0.717, 1.165) is 27.8 Å². The minimum absolute atomic E-state index is 0.637. The summed E-state index contributed by atoms with van der Waals surface area (Å²) in [6, 6.07) is 6.09. The molecule has 2 rings (SSSR count). The van der Waals surface area contributed by atoms with Crippen LogP contribution in [-0.4, -0.2) is 16.1 Å². The van der Waals surface area contributed by atoms with Crippen molar-refractivity contribution in [2.45, 2.75) is 6.42 Å². The van der Waals surface area contributed by atoms with Gasteiger partial charge in [0.15, 0.2) is 0 Å². The number of halogens is 1. The van der Waals surface area contributed by atoms with Crippen molar-refractivity contribution < 1.29 is 0 Å². The number of hydrogen-bond donors (Lipinski definition) is 1. The van der Waals surface area contributed by atoms with Crippen molar-refractivity contribution in [1.29, 1.82) is 0 Å². The number of nitrogens with zero attached hydrogens (tertiary/aromatic N) is 2. The normalized spacial score (nSPS) is 11.1. The average Bonchev–Trinajstić information content (AvgIpc) is 2.46. The van der Waals surface area contributed by atoms with Gasteiger partial charge in [-0.15, -0.1) is 0 Å². The first kappa shape index (κ1) is 9.68. The zero-order chi connectivity index (χ0) is 10.1. The first-order valence-corrected chi connectivity index (χ1v) is 5.32. The number of benzene rings is 1. The molecule has 0 radical (unpaired) electrons. The fourth-order valence-electron chi connectivity index (χ4n) is 1.57. The molecule has 3 nitrogen and oxygen atoms in total. The Morgan fingerprint density at radius 1 is 1.50 bits per heavy atom. The van der Waals surface area contributed by atoms with Crippen LogP contribution in [0.15, 0.2) is 22.7 Å². The second-order valence-electron chi connectivity index (χ2n) is 3.26. The molecule has 1 aromatic heterocycles. The smallest absolute Gasteiger partial charge is 0.110 e. The van der Waals surface area contributed by atoms with Gasteiger partial charge in [0.2, 0.25) is 0 Å². The van der Waals surface area contributed by atoms with Gasteiger partial charge in [0.1, 0.15) is 5.82 Å². The Morgan fingerprint density at radius 3 is 3.00 bits per heavy atom. The Kier molecular flexibility index (Phi) is 2.56. The highest BCUT2D eigenvalue weighted by Crippen LogP contribution is 2.20. The minimum Gasteiger partial charge on any atom is -0.331 e. The number of aryl methyl sites for hydroxylation is 1. The molecular weight excluding hydrogens is 242 g/mol. The summed E-state index contributed by atoms with van der Waals surface area (Å²) in [5.41, 5.74) is 7.69. The largest absolute Gasteiger partial charge is 0.331 e. The van der Waals surface area contributed by atoms with Crippen molar-refractivity contribution in [3.8, 4) is 0 Å². The summed E-state index contributed by atoms with van der Waals surface area (Å²) in [6.45, 7) is 0.637. The topological polar surface area (TPSA) is 43.8 Å². The Hall–Kier alpha value is -0.870. The van der Waals surface area contributed by atoms with Gasteiger partial charge in [-0.1, -0.05) is 15.9 Å². The van der Waals surface area contributed by atoms with Gasteiger partial charge in [0, 0.05) is 17.9 Å². The predicted octanol–water partition coefficient (Wildman–Crippen LogP) is 1.84. The van der Waals surface area contributed by atoms with Crippen LogP contribution in [0.2, 0.25) is 0 Å². The van der Waals surface area contributed by atoms with Crippen LogP contribution in [0.5, 0.6) is 0 Å². The number of hydrogen-bond acceptors (Lipinski definition) is 2. The van der Waals surface area contributed by atoms with Gasteiger partial charge in [-0.25, -0.2) is 4.98 Å². The molecule has 0 unspecified atom stereocenters. The summed E-state index contributed by atoms with van der Waals surface area (Å²) in [4.78, 5) is 4.51. The quantitative estimate of drug-likeness (QED) is 0.888. The van der Waals surface area contributed by atoms with E-state index >= 15 is 0 Å². The van der Waals surface area contributed by atoms with Crippen LogP contribution in [0.4, 0.5) is 0 Å². The molecule has 74 valence electrons. The molecule has 0 fully saturated rings. The molecule has 0 spiro atoms. The van der Waals surface area contributed by atoms with Gasteiger partial charge in [-0.2, -0.15) is 0 Å². The second-order valence-corrected chi connectivity index (χ2v) is 4.17. The summed E-state index contributed by atoms with van der Waals surface area (Å²) >= 11 is 3.45. The zero-order valence-corrected chi connectivity index (χ0v) is 9.58. The molecule has 2 aromatic rings. The van der Waals surface area contributed by atoms with Crippen molar-refractivity contribution in [1.82, 2.24) is 9.55 Å². The lowest BCUT2D eigenvalue weighted by molar-refractivity contribution is 0.794. The standard InChI is InChI=1S/C10H12BrN3/c1-14-9-6-7(11)2-3-8(9)13-10(14)4-5-12/h2-3,6H,4-5,12H2,1H3. The average molecular weight is 254 g/mol. The highest BCUT2D eigenvalue weighted by atomic mass is 79.9. The van der Waals surface area contributed by atoms with E-state index in [9.17, 15) is 0 Å². The Labute approximate surface area is 91.1 Å². The van der Waals surface area contributed by atoms with Crippen LogP contribution >= 0.6 is 15.9 Å². The van der Waals surface area contributed by atoms with Gasteiger partial charge in [-0.05, 0) is 24.7 Å². The lowest BCUT2D eigenvalue weighted by Crippen LogP contribution is -2.07. The molecule has 2 N–H and O–H groups in total. The fourth-order valence-corrected chi connectivity index (χ4v) is 1.91. The summed E-state index contributed by atoms with van der Waals surface area (Å²) in [6.07, 6.45) is 0.822. The van der Waals surface area contributed by atoms with Crippen LogP contribution in [0.3, 0.4) is 0 Å². The molecule has 0 atom stereocenters. The Balaban J connectivity index is 2.62. The number of imidazole rings is 1. The molecule has 4 heteroatoms. The lowest BCUT2D eigenvalue weighted by Gasteiger charge is -1.99. The van der Waals surface area contributed by atoms with E-state index in [1.807, 2.05) is 19.2 Å². The van der Waals surface area contributed by atoms with Crippen LogP contribution in [0.25, 0.3) is 11.0 Å². The molecule has 0 bridgehead atoms. The van der Waals surface area contributed by atoms with Gasteiger partial charge in [-0.3, -0.25) is 0 Å². The molecule has 0 aliphatic heterocycles. The summed E-state index contributed by atoms with van der Waals surface area (Å²) in [7, 11) is 2.02. The maximum absolute atomic E-state index is 5.52. The van der Waals surface area contributed by atoms with Gasteiger partial charge in [0.25, 0.3) is 0 Å². The zero-order valence-electron chi connectivity index (χ0n) is 8.00. The summed E-state index contributed by atoms with van der Waals surface area (Å²) in [5, 5.41) is 0. The lowest BCUT2D eigenvalue weighted by atomic mass is 10.3. The van der Waals surface area contributed by atoms with Crippen molar-refractivity contribution >= 4 is 27.0 Å². The number of aromatic nitrogens is 2. The summed E-state index contributed by atoms with van der Waals surface area (Å²) < 4.78 is 3.17. The number of nitrogens with two attached hydrogens (primary N) is 1. The fraction of sp³-hybridized carbons (Fsp3) is 0.300. The molecule has 0 aliphatic rings. The Bertz CT molecular complexity index is 462. The van der Waals surface area contributed by atoms with E-state index in [4.69, 9.17) is 5.73 Å².